The van der Waals surface area contributed by atoms with E-state index in [0.717, 1.165) is 22.7 Å². The monoisotopic (exact) mass is 359 g/mol. The molecule has 3 aromatic rings. The quantitative estimate of drug-likeness (QED) is 0.540. The van der Waals surface area contributed by atoms with Crippen LogP contribution in [0.1, 0.15) is 5.56 Å². The summed E-state index contributed by atoms with van der Waals surface area (Å²) >= 11 is 11.8. The van der Waals surface area contributed by atoms with Gasteiger partial charge in [-0.2, -0.15) is 0 Å². The first kappa shape index (κ1) is 16.5. The second-order valence-electron chi connectivity index (χ2n) is 5.20. The number of halogens is 2. The van der Waals surface area contributed by atoms with Crippen LogP contribution in [0.4, 0.5) is 5.69 Å². The number of para-hydroxylation sites is 1. The molecule has 3 rings (SSSR count). The fourth-order valence-corrected chi connectivity index (χ4v) is 2.70. The molecule has 5 heteroatoms. The molecule has 0 heterocycles. The van der Waals surface area contributed by atoms with Crippen LogP contribution in [-0.2, 0) is 6.54 Å². The molecule has 0 aliphatic heterocycles. The Morgan fingerprint density at radius 3 is 2.21 bits per heavy atom. The molecule has 0 bridgehead atoms. The fraction of sp³-hybridized carbons (Fsp3) is 0.0526. The van der Waals surface area contributed by atoms with Gasteiger partial charge in [-0.3, -0.25) is 0 Å². The first-order chi connectivity index (χ1) is 11.6. The van der Waals surface area contributed by atoms with Crippen molar-refractivity contribution in [3.05, 3.63) is 82.3 Å². The predicted octanol–water partition coefficient (Wildman–Crippen LogP) is 6.10. The molecule has 0 fully saturated rings. The minimum absolute atomic E-state index is 0.109. The van der Waals surface area contributed by atoms with E-state index in [1.165, 1.54) is 0 Å². The molecule has 0 radical (unpaired) electrons. The van der Waals surface area contributed by atoms with Gasteiger partial charge in [0.15, 0.2) is 5.75 Å². The maximum absolute atomic E-state index is 9.58. The number of hydrogen-bond donors (Lipinski definition) is 2. The highest BCUT2D eigenvalue weighted by Gasteiger charge is 2.06. The van der Waals surface area contributed by atoms with Crippen molar-refractivity contribution in [1.82, 2.24) is 0 Å². The van der Waals surface area contributed by atoms with Crippen molar-refractivity contribution in [2.24, 2.45) is 0 Å². The molecule has 0 amide bonds. The molecule has 3 nitrogen and oxygen atoms in total. The van der Waals surface area contributed by atoms with Crippen LogP contribution in [-0.4, -0.2) is 5.11 Å². The Balaban J connectivity index is 1.69. The zero-order chi connectivity index (χ0) is 16.9. The Bertz CT molecular complexity index is 815. The first-order valence-electron chi connectivity index (χ1n) is 7.35. The fourth-order valence-electron chi connectivity index (χ4n) is 2.22. The van der Waals surface area contributed by atoms with Crippen molar-refractivity contribution >= 4 is 28.9 Å². The number of anilines is 1. The van der Waals surface area contributed by atoms with E-state index in [9.17, 15) is 5.11 Å². The minimum Gasteiger partial charge on any atom is -0.505 e. The molecule has 0 aliphatic carbocycles. The van der Waals surface area contributed by atoms with Crippen molar-refractivity contribution < 1.29 is 9.84 Å². The third-order valence-electron chi connectivity index (χ3n) is 3.39. The second kappa shape index (κ2) is 7.47. The highest BCUT2D eigenvalue weighted by atomic mass is 35.5. The summed E-state index contributed by atoms with van der Waals surface area (Å²) in [5.41, 5.74) is 1.78. The maximum Gasteiger partial charge on any atom is 0.152 e. The summed E-state index contributed by atoms with van der Waals surface area (Å²) in [4.78, 5) is 0. The topological polar surface area (TPSA) is 41.5 Å². The van der Waals surface area contributed by atoms with Crippen molar-refractivity contribution in [3.63, 3.8) is 0 Å². The average molecular weight is 360 g/mol. The molecule has 0 unspecified atom stereocenters. The van der Waals surface area contributed by atoms with Gasteiger partial charge in [0, 0.05) is 12.2 Å². The lowest BCUT2D eigenvalue weighted by atomic mass is 10.2. The van der Waals surface area contributed by atoms with E-state index < -0.39 is 0 Å². The van der Waals surface area contributed by atoms with Crippen LogP contribution in [0.25, 0.3) is 0 Å². The molecular weight excluding hydrogens is 345 g/mol. The third kappa shape index (κ3) is 4.13. The van der Waals surface area contributed by atoms with Gasteiger partial charge in [-0.1, -0.05) is 53.5 Å². The summed E-state index contributed by atoms with van der Waals surface area (Å²) in [5.74, 6) is 1.45. The molecule has 122 valence electrons. The zero-order valence-electron chi connectivity index (χ0n) is 12.7. The first-order valence-corrected chi connectivity index (χ1v) is 8.11. The molecule has 2 N–H and O–H groups in total. The van der Waals surface area contributed by atoms with Gasteiger partial charge in [0.1, 0.15) is 11.5 Å². The van der Waals surface area contributed by atoms with E-state index in [2.05, 4.69) is 5.32 Å². The van der Waals surface area contributed by atoms with Gasteiger partial charge in [-0.15, -0.1) is 0 Å². The summed E-state index contributed by atoms with van der Waals surface area (Å²) in [6, 6.07) is 20.7. The molecule has 0 saturated carbocycles. The molecule has 0 aromatic heterocycles. The van der Waals surface area contributed by atoms with Gasteiger partial charge >= 0.3 is 0 Å². The van der Waals surface area contributed by atoms with E-state index in [1.807, 2.05) is 54.6 Å². The molecular formula is C19H15Cl2NO2. The number of benzene rings is 3. The van der Waals surface area contributed by atoms with E-state index in [0.29, 0.717) is 6.54 Å². The summed E-state index contributed by atoms with van der Waals surface area (Å²) < 4.78 is 5.82. The Hall–Kier alpha value is -2.36. The van der Waals surface area contributed by atoms with Crippen molar-refractivity contribution in [3.8, 4) is 17.2 Å². The predicted molar refractivity (Wildman–Crippen MR) is 98.4 cm³/mol. The Morgan fingerprint density at radius 1 is 0.833 bits per heavy atom. The Morgan fingerprint density at radius 2 is 1.50 bits per heavy atom. The lowest BCUT2D eigenvalue weighted by Gasteiger charge is -2.11. The van der Waals surface area contributed by atoms with Gasteiger partial charge in [0.2, 0.25) is 0 Å². The number of ether oxygens (including phenoxy) is 1. The standard InChI is InChI=1S/C19H15Cl2NO2/c20-17-10-14(11-18(21)19(17)23)22-12-13-5-4-8-16(9-13)24-15-6-2-1-3-7-15/h1-11,22-23H,12H2. The number of hydrogen-bond acceptors (Lipinski definition) is 3. The van der Waals surface area contributed by atoms with Crippen LogP contribution in [0.3, 0.4) is 0 Å². The molecule has 3 aromatic carbocycles. The minimum atomic E-state index is -0.109. The normalized spacial score (nSPS) is 10.4. The van der Waals surface area contributed by atoms with Gasteiger partial charge in [0.05, 0.1) is 10.0 Å². The summed E-state index contributed by atoms with van der Waals surface area (Å²) in [7, 11) is 0. The Labute approximate surface area is 150 Å². The van der Waals surface area contributed by atoms with Gasteiger partial charge in [0.25, 0.3) is 0 Å². The number of phenolic OH excluding ortho intramolecular Hbond substituents is 1. The van der Waals surface area contributed by atoms with Crippen LogP contribution >= 0.6 is 23.2 Å². The molecule has 0 atom stereocenters. The molecule has 24 heavy (non-hydrogen) atoms. The zero-order valence-corrected chi connectivity index (χ0v) is 14.2. The van der Waals surface area contributed by atoms with E-state index in [-0.39, 0.29) is 15.8 Å². The lowest BCUT2D eigenvalue weighted by Crippen LogP contribution is -1.99. The lowest BCUT2D eigenvalue weighted by molar-refractivity contribution is 0.476. The summed E-state index contributed by atoms with van der Waals surface area (Å²) in [6.45, 7) is 0.573. The van der Waals surface area contributed by atoms with Gasteiger partial charge in [-0.05, 0) is 42.0 Å². The number of aromatic hydroxyl groups is 1. The number of nitrogens with one attached hydrogen (secondary N) is 1. The summed E-state index contributed by atoms with van der Waals surface area (Å²) in [5, 5.41) is 13.2. The van der Waals surface area contributed by atoms with Crippen molar-refractivity contribution in [1.29, 1.82) is 0 Å². The number of phenols is 1. The Kier molecular flexibility index (Phi) is 5.14. The van der Waals surface area contributed by atoms with Crippen molar-refractivity contribution in [2.75, 3.05) is 5.32 Å². The molecule has 0 aliphatic rings. The largest absolute Gasteiger partial charge is 0.505 e. The summed E-state index contributed by atoms with van der Waals surface area (Å²) in [6.07, 6.45) is 0. The van der Waals surface area contributed by atoms with Crippen molar-refractivity contribution in [2.45, 2.75) is 6.54 Å². The van der Waals surface area contributed by atoms with E-state index >= 15 is 0 Å². The van der Waals surface area contributed by atoms with Crippen LogP contribution in [0.2, 0.25) is 10.0 Å². The van der Waals surface area contributed by atoms with Gasteiger partial charge < -0.3 is 15.2 Å². The maximum atomic E-state index is 9.58. The second-order valence-corrected chi connectivity index (χ2v) is 6.02. The van der Waals surface area contributed by atoms with E-state index in [4.69, 9.17) is 27.9 Å². The average Bonchev–Trinajstić information content (AvgIpc) is 2.59. The van der Waals surface area contributed by atoms with E-state index in [1.54, 1.807) is 12.1 Å². The molecule has 0 spiro atoms. The van der Waals surface area contributed by atoms with Crippen LogP contribution in [0.15, 0.2) is 66.7 Å². The highest BCUT2D eigenvalue weighted by molar-refractivity contribution is 6.37. The SMILES string of the molecule is Oc1c(Cl)cc(NCc2cccc(Oc3ccccc3)c2)cc1Cl. The smallest absolute Gasteiger partial charge is 0.152 e. The third-order valence-corrected chi connectivity index (χ3v) is 3.97. The van der Waals surface area contributed by atoms with Gasteiger partial charge in [-0.25, -0.2) is 0 Å². The molecule has 0 saturated heterocycles. The van der Waals surface area contributed by atoms with Crippen LogP contribution < -0.4 is 10.1 Å². The highest BCUT2D eigenvalue weighted by Crippen LogP contribution is 2.34. The number of rotatable bonds is 5. The van der Waals surface area contributed by atoms with Crippen LogP contribution in [0.5, 0.6) is 17.2 Å². The van der Waals surface area contributed by atoms with Crippen LogP contribution in [0, 0.1) is 0 Å².